The molecule has 108 valence electrons. The molecule has 1 rings (SSSR count). The van der Waals surface area contributed by atoms with E-state index in [0.717, 1.165) is 31.5 Å². The van der Waals surface area contributed by atoms with E-state index in [1.54, 1.807) is 7.11 Å². The fraction of sp³-hybridized carbons (Fsp3) is 1.00. The molecule has 0 aromatic rings. The van der Waals surface area contributed by atoms with E-state index in [1.807, 2.05) is 0 Å². The van der Waals surface area contributed by atoms with Crippen LogP contribution in [-0.4, -0.2) is 50.8 Å². The van der Waals surface area contributed by atoms with Gasteiger partial charge in [-0.2, -0.15) is 0 Å². The fourth-order valence-corrected chi connectivity index (χ4v) is 3.29. The molecule has 0 aromatic carbocycles. The average Bonchev–Trinajstić information content (AvgIpc) is 2.39. The maximum atomic E-state index is 5.25. The maximum Gasteiger partial charge on any atom is 0.0589 e. The Kier molecular flexibility index (Phi) is 7.20. The molecule has 0 amide bonds. The van der Waals surface area contributed by atoms with Crippen LogP contribution in [0.2, 0.25) is 0 Å². The van der Waals surface area contributed by atoms with Gasteiger partial charge in [-0.1, -0.05) is 20.8 Å². The van der Waals surface area contributed by atoms with Gasteiger partial charge in [-0.15, -0.1) is 0 Å². The molecular weight excluding hydrogens is 224 g/mol. The molecule has 3 heteroatoms. The largest absolute Gasteiger partial charge is 0.383 e. The molecule has 18 heavy (non-hydrogen) atoms. The Morgan fingerprint density at radius 2 is 2.06 bits per heavy atom. The lowest BCUT2D eigenvalue weighted by Gasteiger charge is -2.43. The molecule has 0 aliphatic heterocycles. The van der Waals surface area contributed by atoms with Gasteiger partial charge in [0.1, 0.15) is 0 Å². The minimum Gasteiger partial charge on any atom is -0.383 e. The zero-order valence-electron chi connectivity index (χ0n) is 12.9. The van der Waals surface area contributed by atoms with Crippen LogP contribution in [0.1, 0.15) is 40.0 Å². The first-order valence-electron chi connectivity index (χ1n) is 7.54. The van der Waals surface area contributed by atoms with Gasteiger partial charge >= 0.3 is 0 Å². The third-order valence-electron chi connectivity index (χ3n) is 4.63. The Labute approximate surface area is 113 Å². The van der Waals surface area contributed by atoms with E-state index in [-0.39, 0.29) is 0 Å². The smallest absolute Gasteiger partial charge is 0.0589 e. The van der Waals surface area contributed by atoms with E-state index in [0.29, 0.717) is 12.1 Å². The highest BCUT2D eigenvalue weighted by molar-refractivity contribution is 4.91. The van der Waals surface area contributed by atoms with Gasteiger partial charge in [0, 0.05) is 25.7 Å². The number of ether oxygens (including phenoxy) is 1. The summed E-state index contributed by atoms with van der Waals surface area (Å²) in [5, 5.41) is 3.52. The number of nitrogens with one attached hydrogen (secondary N) is 1. The second-order valence-electron chi connectivity index (χ2n) is 5.90. The summed E-state index contributed by atoms with van der Waals surface area (Å²) in [6.45, 7) is 10.0. The molecule has 0 spiro atoms. The first kappa shape index (κ1) is 15.9. The summed E-state index contributed by atoms with van der Waals surface area (Å²) in [6.07, 6.45) is 4.02. The van der Waals surface area contributed by atoms with Crippen LogP contribution >= 0.6 is 0 Å². The van der Waals surface area contributed by atoms with Crippen molar-refractivity contribution in [2.75, 3.05) is 33.9 Å². The highest BCUT2D eigenvalue weighted by atomic mass is 16.5. The van der Waals surface area contributed by atoms with Crippen LogP contribution in [-0.2, 0) is 4.74 Å². The highest BCUT2D eigenvalue weighted by Crippen LogP contribution is 2.32. The van der Waals surface area contributed by atoms with Crippen LogP contribution in [0.5, 0.6) is 0 Å². The van der Waals surface area contributed by atoms with Crippen LogP contribution in [0, 0.1) is 11.8 Å². The molecule has 1 N–H and O–H groups in total. The zero-order chi connectivity index (χ0) is 13.5. The highest BCUT2D eigenvalue weighted by Gasteiger charge is 2.33. The molecule has 1 fully saturated rings. The quantitative estimate of drug-likeness (QED) is 0.757. The Morgan fingerprint density at radius 1 is 1.33 bits per heavy atom. The molecule has 0 bridgehead atoms. The first-order chi connectivity index (χ1) is 8.63. The van der Waals surface area contributed by atoms with Crippen molar-refractivity contribution in [1.82, 2.24) is 10.2 Å². The number of rotatable bonds is 7. The summed E-state index contributed by atoms with van der Waals surface area (Å²) in [4.78, 5) is 2.60. The summed E-state index contributed by atoms with van der Waals surface area (Å²) in [5.41, 5.74) is 0. The summed E-state index contributed by atoms with van der Waals surface area (Å²) in [7, 11) is 3.90. The maximum absolute atomic E-state index is 5.25. The molecule has 0 aromatic heterocycles. The lowest BCUT2D eigenvalue weighted by atomic mass is 9.76. The number of hydrogen-bond acceptors (Lipinski definition) is 3. The van der Waals surface area contributed by atoms with E-state index in [4.69, 9.17) is 4.74 Å². The van der Waals surface area contributed by atoms with Gasteiger partial charge in [-0.3, -0.25) is 4.90 Å². The SMILES string of the molecule is CCN(CCOC)C1CC(C(C)C)CCC1NC. The molecule has 0 saturated heterocycles. The van der Waals surface area contributed by atoms with Crippen molar-refractivity contribution in [2.24, 2.45) is 11.8 Å². The summed E-state index contributed by atoms with van der Waals surface area (Å²) >= 11 is 0. The Bertz CT molecular complexity index is 221. The molecule has 1 aliphatic carbocycles. The minimum absolute atomic E-state index is 0.650. The van der Waals surface area contributed by atoms with E-state index in [1.165, 1.54) is 19.3 Å². The van der Waals surface area contributed by atoms with Crippen LogP contribution in [0.25, 0.3) is 0 Å². The Balaban J connectivity index is 2.64. The summed E-state index contributed by atoms with van der Waals surface area (Å²) < 4.78 is 5.25. The van der Waals surface area contributed by atoms with Crippen LogP contribution in [0.3, 0.4) is 0 Å². The van der Waals surface area contributed by atoms with Crippen molar-refractivity contribution in [2.45, 2.75) is 52.1 Å². The van der Waals surface area contributed by atoms with Crippen molar-refractivity contribution < 1.29 is 4.74 Å². The predicted molar refractivity (Wildman–Crippen MR) is 77.9 cm³/mol. The topological polar surface area (TPSA) is 24.5 Å². The third-order valence-corrected chi connectivity index (χ3v) is 4.63. The lowest BCUT2D eigenvalue weighted by Crippen LogP contribution is -2.53. The van der Waals surface area contributed by atoms with Crippen molar-refractivity contribution >= 4 is 0 Å². The van der Waals surface area contributed by atoms with Crippen molar-refractivity contribution in [1.29, 1.82) is 0 Å². The van der Waals surface area contributed by atoms with E-state index < -0.39 is 0 Å². The molecule has 3 unspecified atom stereocenters. The molecule has 3 nitrogen and oxygen atoms in total. The fourth-order valence-electron chi connectivity index (χ4n) is 3.29. The van der Waals surface area contributed by atoms with Crippen LogP contribution in [0.4, 0.5) is 0 Å². The van der Waals surface area contributed by atoms with Crippen molar-refractivity contribution in [3.8, 4) is 0 Å². The second kappa shape index (κ2) is 8.13. The number of nitrogens with zero attached hydrogens (tertiary/aromatic N) is 1. The molecular formula is C15H32N2O. The molecule has 1 aliphatic rings. The first-order valence-corrected chi connectivity index (χ1v) is 7.54. The van der Waals surface area contributed by atoms with Gasteiger partial charge in [-0.05, 0) is 44.7 Å². The van der Waals surface area contributed by atoms with Gasteiger partial charge in [0.05, 0.1) is 6.61 Å². The normalized spacial score (nSPS) is 29.2. The third kappa shape index (κ3) is 4.22. The lowest BCUT2D eigenvalue weighted by molar-refractivity contribution is 0.0649. The molecule has 3 atom stereocenters. The predicted octanol–water partition coefficient (Wildman–Crippen LogP) is 2.37. The number of likely N-dealkylation sites (N-methyl/N-ethyl adjacent to an activating group) is 2. The summed E-state index contributed by atoms with van der Waals surface area (Å²) in [6, 6.07) is 1.33. The van der Waals surface area contributed by atoms with Crippen LogP contribution < -0.4 is 5.32 Å². The van der Waals surface area contributed by atoms with E-state index >= 15 is 0 Å². The Morgan fingerprint density at radius 3 is 2.56 bits per heavy atom. The second-order valence-corrected chi connectivity index (χ2v) is 5.90. The summed E-state index contributed by atoms with van der Waals surface area (Å²) in [5.74, 6) is 1.70. The van der Waals surface area contributed by atoms with Crippen molar-refractivity contribution in [3.05, 3.63) is 0 Å². The minimum atomic E-state index is 0.650. The average molecular weight is 256 g/mol. The molecule has 0 heterocycles. The Hall–Kier alpha value is -0.120. The van der Waals surface area contributed by atoms with Crippen LogP contribution in [0.15, 0.2) is 0 Å². The standard InChI is InChI=1S/C15H32N2O/c1-6-17(9-10-18-5)15-11-13(12(2)3)7-8-14(15)16-4/h12-16H,6-11H2,1-5H3. The van der Waals surface area contributed by atoms with Gasteiger partial charge in [0.25, 0.3) is 0 Å². The van der Waals surface area contributed by atoms with Gasteiger partial charge < -0.3 is 10.1 Å². The number of hydrogen-bond donors (Lipinski definition) is 1. The van der Waals surface area contributed by atoms with Gasteiger partial charge in [0.2, 0.25) is 0 Å². The molecule has 1 saturated carbocycles. The molecule has 0 radical (unpaired) electrons. The number of methoxy groups -OCH3 is 1. The van der Waals surface area contributed by atoms with E-state index in [9.17, 15) is 0 Å². The van der Waals surface area contributed by atoms with Crippen molar-refractivity contribution in [3.63, 3.8) is 0 Å². The van der Waals surface area contributed by atoms with E-state index in [2.05, 4.69) is 38.0 Å². The van der Waals surface area contributed by atoms with Gasteiger partial charge in [-0.25, -0.2) is 0 Å². The monoisotopic (exact) mass is 256 g/mol. The zero-order valence-corrected chi connectivity index (χ0v) is 12.9. The van der Waals surface area contributed by atoms with Gasteiger partial charge in [0.15, 0.2) is 0 Å².